The predicted molar refractivity (Wildman–Crippen MR) is 72.7 cm³/mol. The minimum absolute atomic E-state index is 0.286. The van der Waals surface area contributed by atoms with Crippen molar-refractivity contribution >= 4 is 46.4 Å². The van der Waals surface area contributed by atoms with Crippen molar-refractivity contribution in [2.45, 2.75) is 19.8 Å². The van der Waals surface area contributed by atoms with Gasteiger partial charge in [0.25, 0.3) is 5.91 Å². The summed E-state index contributed by atoms with van der Waals surface area (Å²) in [5, 5.41) is 11.4. The Morgan fingerprint density at radius 2 is 2.17 bits per heavy atom. The summed E-state index contributed by atoms with van der Waals surface area (Å²) in [6.45, 7) is 2.06. The molecule has 1 heterocycles. The van der Waals surface area contributed by atoms with Gasteiger partial charge in [-0.05, 0) is 18.9 Å². The molecule has 0 radical (unpaired) electrons. The number of halogens is 2. The van der Waals surface area contributed by atoms with Gasteiger partial charge < -0.3 is 10.4 Å². The number of amides is 1. The lowest BCUT2D eigenvalue weighted by atomic mass is 10.1. The minimum atomic E-state index is -0.825. The Kier molecular flexibility index (Phi) is 5.91. The Morgan fingerprint density at radius 3 is 2.67 bits per heavy atom. The van der Waals surface area contributed by atoms with Crippen LogP contribution in [0.15, 0.2) is 6.07 Å². The third-order valence-corrected chi connectivity index (χ3v) is 3.91. The average Bonchev–Trinajstić information content (AvgIpc) is 2.63. The lowest BCUT2D eigenvalue weighted by Crippen LogP contribution is -2.25. The van der Waals surface area contributed by atoms with E-state index in [1.807, 2.05) is 0 Å². The lowest BCUT2D eigenvalue weighted by Gasteiger charge is -2.07. The molecule has 0 spiro atoms. The van der Waals surface area contributed by atoms with E-state index in [1.54, 1.807) is 6.92 Å². The molecule has 18 heavy (non-hydrogen) atoms. The molecule has 0 aliphatic heterocycles. The number of carbonyl (C=O) groups excluding carboxylic acids is 1. The maximum atomic E-state index is 11.7. The number of nitrogens with one attached hydrogen (secondary N) is 1. The van der Waals surface area contributed by atoms with Gasteiger partial charge in [0, 0.05) is 6.54 Å². The Bertz CT molecular complexity index is 447. The fraction of sp³-hybridized carbons (Fsp3) is 0.455. The molecular weight excluding hydrogens is 297 g/mol. The smallest absolute Gasteiger partial charge is 0.306 e. The van der Waals surface area contributed by atoms with Crippen molar-refractivity contribution in [3.63, 3.8) is 0 Å². The van der Waals surface area contributed by atoms with E-state index in [4.69, 9.17) is 28.3 Å². The summed E-state index contributed by atoms with van der Waals surface area (Å²) < 4.78 is 0.820. The van der Waals surface area contributed by atoms with Gasteiger partial charge in [0.15, 0.2) is 0 Å². The van der Waals surface area contributed by atoms with Gasteiger partial charge in [-0.25, -0.2) is 0 Å². The molecule has 2 N–H and O–H groups in total. The van der Waals surface area contributed by atoms with E-state index in [1.165, 1.54) is 6.07 Å². The highest BCUT2D eigenvalue weighted by atomic mass is 35.5. The zero-order valence-electron chi connectivity index (χ0n) is 9.70. The molecule has 100 valence electrons. The number of carboxylic acids is 1. The van der Waals surface area contributed by atoms with Gasteiger partial charge in [-0.2, -0.15) is 0 Å². The lowest BCUT2D eigenvalue weighted by molar-refractivity contribution is -0.141. The van der Waals surface area contributed by atoms with Gasteiger partial charge in [-0.1, -0.05) is 30.1 Å². The Balaban J connectivity index is 2.34. The molecule has 1 atom stereocenters. The first-order chi connectivity index (χ1) is 8.41. The molecule has 0 aromatic carbocycles. The zero-order chi connectivity index (χ0) is 13.7. The second kappa shape index (κ2) is 6.97. The molecule has 0 saturated heterocycles. The number of hydrogen-bond donors (Lipinski definition) is 2. The third-order valence-electron chi connectivity index (χ3n) is 2.42. The van der Waals surface area contributed by atoms with Crippen LogP contribution in [0.5, 0.6) is 0 Å². The maximum absolute atomic E-state index is 11.7. The number of rotatable bonds is 6. The fourth-order valence-corrected chi connectivity index (χ4v) is 2.78. The van der Waals surface area contributed by atoms with Crippen LogP contribution in [0.4, 0.5) is 0 Å². The fourth-order valence-electron chi connectivity index (χ4n) is 1.32. The van der Waals surface area contributed by atoms with E-state index in [9.17, 15) is 9.59 Å². The molecule has 4 nitrogen and oxygen atoms in total. The summed E-state index contributed by atoms with van der Waals surface area (Å²) in [4.78, 5) is 22.3. The summed E-state index contributed by atoms with van der Waals surface area (Å²) in [6.07, 6.45) is 1.13. The standard InChI is InChI=1S/C11H13Cl2NO3S/c1-6(11(16)17)3-2-4-14-10(15)7-5-8(12)18-9(7)13/h5-6H,2-4H2,1H3,(H,14,15)(H,16,17). The van der Waals surface area contributed by atoms with Gasteiger partial charge in [0.1, 0.15) is 4.34 Å². The average molecular weight is 310 g/mol. The molecule has 0 bridgehead atoms. The Morgan fingerprint density at radius 1 is 1.50 bits per heavy atom. The summed E-state index contributed by atoms with van der Waals surface area (Å²) in [5.41, 5.74) is 0.359. The van der Waals surface area contributed by atoms with E-state index in [-0.39, 0.29) is 5.91 Å². The summed E-state index contributed by atoms with van der Waals surface area (Å²) in [7, 11) is 0. The first kappa shape index (κ1) is 15.3. The maximum Gasteiger partial charge on any atom is 0.306 e. The van der Waals surface area contributed by atoms with Crippen LogP contribution in [-0.4, -0.2) is 23.5 Å². The molecule has 1 rings (SSSR count). The first-order valence-corrected chi connectivity index (χ1v) is 6.95. The first-order valence-electron chi connectivity index (χ1n) is 5.37. The normalized spacial score (nSPS) is 12.2. The van der Waals surface area contributed by atoms with Gasteiger partial charge in [-0.3, -0.25) is 9.59 Å². The van der Waals surface area contributed by atoms with Crippen LogP contribution in [0.3, 0.4) is 0 Å². The second-order valence-electron chi connectivity index (χ2n) is 3.88. The van der Waals surface area contributed by atoms with Gasteiger partial charge in [-0.15, -0.1) is 11.3 Å². The predicted octanol–water partition coefficient (Wildman–Crippen LogP) is 3.29. The SMILES string of the molecule is CC(CCCNC(=O)c1cc(Cl)sc1Cl)C(=O)O. The minimum Gasteiger partial charge on any atom is -0.481 e. The number of hydrogen-bond acceptors (Lipinski definition) is 3. The number of aliphatic carboxylic acids is 1. The highest BCUT2D eigenvalue weighted by molar-refractivity contribution is 7.20. The van der Waals surface area contributed by atoms with Crippen LogP contribution < -0.4 is 5.32 Å². The van der Waals surface area contributed by atoms with Gasteiger partial charge >= 0.3 is 5.97 Å². The molecule has 1 aromatic rings. The quantitative estimate of drug-likeness (QED) is 0.792. The zero-order valence-corrected chi connectivity index (χ0v) is 12.0. The molecule has 0 aliphatic rings. The van der Waals surface area contributed by atoms with Crippen molar-refractivity contribution in [2.24, 2.45) is 5.92 Å². The van der Waals surface area contributed by atoms with Crippen molar-refractivity contribution < 1.29 is 14.7 Å². The van der Waals surface area contributed by atoms with Crippen LogP contribution in [0.1, 0.15) is 30.1 Å². The van der Waals surface area contributed by atoms with Crippen molar-refractivity contribution in [3.8, 4) is 0 Å². The van der Waals surface area contributed by atoms with Crippen molar-refractivity contribution in [1.82, 2.24) is 5.32 Å². The summed E-state index contributed by atoms with van der Waals surface area (Å²) >= 11 is 12.7. The molecule has 7 heteroatoms. The topological polar surface area (TPSA) is 66.4 Å². The molecule has 0 fully saturated rings. The van der Waals surface area contributed by atoms with Crippen molar-refractivity contribution in [1.29, 1.82) is 0 Å². The van der Waals surface area contributed by atoms with E-state index in [0.29, 0.717) is 33.6 Å². The van der Waals surface area contributed by atoms with Crippen LogP contribution in [0, 0.1) is 5.92 Å². The molecule has 0 saturated carbocycles. The highest BCUT2D eigenvalue weighted by Gasteiger charge is 2.14. The number of thiophene rings is 1. The summed E-state index contributed by atoms with van der Waals surface area (Å²) in [5.74, 6) is -1.51. The van der Waals surface area contributed by atoms with Crippen LogP contribution in [0.25, 0.3) is 0 Å². The molecular formula is C11H13Cl2NO3S. The van der Waals surface area contributed by atoms with Crippen LogP contribution >= 0.6 is 34.5 Å². The second-order valence-corrected chi connectivity index (χ2v) is 6.16. The van der Waals surface area contributed by atoms with E-state index in [2.05, 4.69) is 5.32 Å². The Hall–Kier alpha value is -0.780. The van der Waals surface area contributed by atoms with E-state index in [0.717, 1.165) is 11.3 Å². The number of carboxylic acid groups (broad SMARTS) is 1. The molecule has 1 aromatic heterocycles. The van der Waals surface area contributed by atoms with Crippen LogP contribution in [0.2, 0.25) is 8.67 Å². The highest BCUT2D eigenvalue weighted by Crippen LogP contribution is 2.30. The van der Waals surface area contributed by atoms with Crippen molar-refractivity contribution in [3.05, 3.63) is 20.3 Å². The van der Waals surface area contributed by atoms with Gasteiger partial charge in [0.2, 0.25) is 0 Å². The van der Waals surface area contributed by atoms with E-state index >= 15 is 0 Å². The Labute approximate surface area is 119 Å². The van der Waals surface area contributed by atoms with Crippen LogP contribution in [-0.2, 0) is 4.79 Å². The molecule has 1 amide bonds. The third kappa shape index (κ3) is 4.48. The largest absolute Gasteiger partial charge is 0.481 e. The van der Waals surface area contributed by atoms with E-state index < -0.39 is 11.9 Å². The number of carbonyl (C=O) groups is 2. The molecule has 0 aliphatic carbocycles. The summed E-state index contributed by atoms with van der Waals surface area (Å²) in [6, 6.07) is 1.52. The monoisotopic (exact) mass is 309 g/mol. The van der Waals surface area contributed by atoms with Gasteiger partial charge in [0.05, 0.1) is 15.8 Å². The molecule has 1 unspecified atom stereocenters. The van der Waals surface area contributed by atoms with Crippen molar-refractivity contribution in [2.75, 3.05) is 6.54 Å².